The normalized spacial score (nSPS) is 10.7. The van der Waals surface area contributed by atoms with Crippen molar-refractivity contribution in [3.8, 4) is 0 Å². The minimum absolute atomic E-state index is 0.151. The van der Waals surface area contributed by atoms with Crippen molar-refractivity contribution in [2.45, 2.75) is 27.2 Å². The van der Waals surface area contributed by atoms with E-state index in [1.165, 1.54) is 11.3 Å². The SMILES string of the molecule is CNc1ccc(C(=O)Nc2nnc(CC(C)C)s2)c(C)c1. The van der Waals surface area contributed by atoms with Crippen LogP contribution >= 0.6 is 11.3 Å². The molecule has 0 saturated carbocycles. The first kappa shape index (κ1) is 15.4. The van der Waals surface area contributed by atoms with E-state index >= 15 is 0 Å². The van der Waals surface area contributed by atoms with E-state index in [4.69, 9.17) is 0 Å². The number of benzene rings is 1. The summed E-state index contributed by atoms with van der Waals surface area (Å²) in [5, 5.41) is 15.5. The predicted octanol–water partition coefficient (Wildman–Crippen LogP) is 3.34. The first-order valence-corrected chi connectivity index (χ1v) is 7.73. The molecule has 0 aliphatic rings. The van der Waals surface area contributed by atoms with Crippen LogP contribution in [0.1, 0.15) is 34.8 Å². The van der Waals surface area contributed by atoms with Gasteiger partial charge in [0.2, 0.25) is 5.13 Å². The van der Waals surface area contributed by atoms with Crippen LogP contribution in [-0.4, -0.2) is 23.2 Å². The highest BCUT2D eigenvalue weighted by Crippen LogP contribution is 2.20. The number of amides is 1. The first-order chi connectivity index (χ1) is 9.99. The minimum atomic E-state index is -0.151. The van der Waals surface area contributed by atoms with Crippen molar-refractivity contribution in [3.05, 3.63) is 34.3 Å². The third kappa shape index (κ3) is 4.01. The van der Waals surface area contributed by atoms with Crippen LogP contribution in [0.15, 0.2) is 18.2 Å². The van der Waals surface area contributed by atoms with Gasteiger partial charge >= 0.3 is 0 Å². The van der Waals surface area contributed by atoms with Crippen molar-refractivity contribution in [3.63, 3.8) is 0 Å². The molecule has 0 bridgehead atoms. The second-order valence-electron chi connectivity index (χ2n) is 5.33. The van der Waals surface area contributed by atoms with Gasteiger partial charge in [0.05, 0.1) is 0 Å². The molecule has 1 heterocycles. The van der Waals surface area contributed by atoms with Gasteiger partial charge in [0.1, 0.15) is 5.01 Å². The van der Waals surface area contributed by atoms with Gasteiger partial charge in [-0.05, 0) is 36.6 Å². The van der Waals surface area contributed by atoms with E-state index in [1.54, 1.807) is 0 Å². The fourth-order valence-corrected chi connectivity index (χ4v) is 2.92. The lowest BCUT2D eigenvalue weighted by Crippen LogP contribution is -2.13. The van der Waals surface area contributed by atoms with E-state index < -0.39 is 0 Å². The lowest BCUT2D eigenvalue weighted by molar-refractivity contribution is 0.102. The molecule has 1 aromatic heterocycles. The number of hydrogen-bond donors (Lipinski definition) is 2. The molecule has 0 radical (unpaired) electrons. The monoisotopic (exact) mass is 304 g/mol. The third-order valence-corrected chi connectivity index (χ3v) is 3.89. The van der Waals surface area contributed by atoms with Gasteiger partial charge in [-0.15, -0.1) is 10.2 Å². The number of aromatic nitrogens is 2. The van der Waals surface area contributed by atoms with Crippen molar-refractivity contribution in [2.75, 3.05) is 17.7 Å². The van der Waals surface area contributed by atoms with Crippen LogP contribution in [0.25, 0.3) is 0 Å². The van der Waals surface area contributed by atoms with Crippen LogP contribution in [-0.2, 0) is 6.42 Å². The Morgan fingerprint density at radius 1 is 1.33 bits per heavy atom. The second kappa shape index (κ2) is 6.67. The quantitative estimate of drug-likeness (QED) is 0.889. The molecule has 21 heavy (non-hydrogen) atoms. The average molecular weight is 304 g/mol. The Labute approximate surface area is 128 Å². The summed E-state index contributed by atoms with van der Waals surface area (Å²) in [7, 11) is 1.85. The summed E-state index contributed by atoms with van der Waals surface area (Å²) in [6, 6.07) is 5.64. The van der Waals surface area contributed by atoms with E-state index in [9.17, 15) is 4.79 Å². The molecular formula is C15H20N4OS. The summed E-state index contributed by atoms with van der Waals surface area (Å²) in [6.45, 7) is 6.18. The van der Waals surface area contributed by atoms with E-state index in [1.807, 2.05) is 32.2 Å². The van der Waals surface area contributed by atoms with Gasteiger partial charge in [0.25, 0.3) is 5.91 Å². The van der Waals surface area contributed by atoms with Gasteiger partial charge in [-0.2, -0.15) is 0 Å². The Morgan fingerprint density at radius 3 is 2.71 bits per heavy atom. The van der Waals surface area contributed by atoms with Gasteiger partial charge in [-0.3, -0.25) is 10.1 Å². The number of carbonyl (C=O) groups excluding carboxylic acids is 1. The lowest BCUT2D eigenvalue weighted by atomic mass is 10.1. The van der Waals surface area contributed by atoms with Gasteiger partial charge in [0, 0.05) is 24.7 Å². The number of aryl methyl sites for hydroxylation is 1. The van der Waals surface area contributed by atoms with Crippen molar-refractivity contribution in [1.29, 1.82) is 0 Å². The van der Waals surface area contributed by atoms with Crippen LogP contribution in [0.3, 0.4) is 0 Å². The van der Waals surface area contributed by atoms with Crippen LogP contribution in [0.2, 0.25) is 0 Å². The molecule has 0 aliphatic carbocycles. The fourth-order valence-electron chi connectivity index (χ4n) is 1.97. The molecule has 1 aromatic carbocycles. The molecule has 5 nitrogen and oxygen atoms in total. The maximum Gasteiger partial charge on any atom is 0.257 e. The third-order valence-electron chi connectivity index (χ3n) is 3.03. The van der Waals surface area contributed by atoms with E-state index in [0.29, 0.717) is 16.6 Å². The van der Waals surface area contributed by atoms with E-state index in [0.717, 1.165) is 22.7 Å². The highest BCUT2D eigenvalue weighted by molar-refractivity contribution is 7.15. The number of nitrogens with zero attached hydrogens (tertiary/aromatic N) is 2. The first-order valence-electron chi connectivity index (χ1n) is 6.91. The van der Waals surface area contributed by atoms with Crippen LogP contribution < -0.4 is 10.6 Å². The number of carbonyl (C=O) groups is 1. The zero-order valence-electron chi connectivity index (χ0n) is 12.7. The zero-order chi connectivity index (χ0) is 15.4. The maximum absolute atomic E-state index is 12.3. The summed E-state index contributed by atoms with van der Waals surface area (Å²) in [5.74, 6) is 0.375. The molecule has 6 heteroatoms. The second-order valence-corrected chi connectivity index (χ2v) is 6.39. The molecule has 1 amide bonds. The molecule has 112 valence electrons. The Balaban J connectivity index is 2.09. The zero-order valence-corrected chi connectivity index (χ0v) is 13.5. The maximum atomic E-state index is 12.3. The van der Waals surface area contributed by atoms with Crippen molar-refractivity contribution >= 4 is 28.1 Å². The highest BCUT2D eigenvalue weighted by atomic mass is 32.1. The van der Waals surface area contributed by atoms with Gasteiger partial charge in [0.15, 0.2) is 0 Å². The molecule has 2 aromatic rings. The summed E-state index contributed by atoms with van der Waals surface area (Å²) >= 11 is 1.43. The largest absolute Gasteiger partial charge is 0.388 e. The molecule has 0 saturated heterocycles. The van der Waals surface area contributed by atoms with Crippen LogP contribution in [0.5, 0.6) is 0 Å². The lowest BCUT2D eigenvalue weighted by Gasteiger charge is -2.07. The number of hydrogen-bond acceptors (Lipinski definition) is 5. The fraction of sp³-hybridized carbons (Fsp3) is 0.400. The van der Waals surface area contributed by atoms with Gasteiger partial charge < -0.3 is 5.32 Å². The Morgan fingerprint density at radius 2 is 2.10 bits per heavy atom. The highest BCUT2D eigenvalue weighted by Gasteiger charge is 2.13. The van der Waals surface area contributed by atoms with Gasteiger partial charge in [-0.1, -0.05) is 25.2 Å². The molecule has 0 aliphatic heterocycles. The van der Waals surface area contributed by atoms with Gasteiger partial charge in [-0.25, -0.2) is 0 Å². The van der Waals surface area contributed by atoms with Crippen molar-refractivity contribution in [2.24, 2.45) is 5.92 Å². The van der Waals surface area contributed by atoms with E-state index in [-0.39, 0.29) is 5.91 Å². The van der Waals surface area contributed by atoms with Crippen LogP contribution in [0.4, 0.5) is 10.8 Å². The summed E-state index contributed by atoms with van der Waals surface area (Å²) in [5.41, 5.74) is 2.56. The van der Waals surface area contributed by atoms with E-state index in [2.05, 4.69) is 34.7 Å². The topological polar surface area (TPSA) is 66.9 Å². The predicted molar refractivity (Wildman–Crippen MR) is 87.1 cm³/mol. The molecule has 2 N–H and O–H groups in total. The van der Waals surface area contributed by atoms with Crippen LogP contribution in [0, 0.1) is 12.8 Å². The Kier molecular flexibility index (Phi) is 4.90. The molecular weight excluding hydrogens is 284 g/mol. The summed E-state index contributed by atoms with van der Waals surface area (Å²) < 4.78 is 0. The number of rotatable bonds is 5. The van der Waals surface area contributed by atoms with Crippen molar-refractivity contribution in [1.82, 2.24) is 10.2 Å². The Hall–Kier alpha value is -1.95. The number of anilines is 2. The molecule has 0 atom stereocenters. The smallest absolute Gasteiger partial charge is 0.257 e. The van der Waals surface area contributed by atoms with Crippen molar-refractivity contribution < 1.29 is 4.79 Å². The molecule has 0 unspecified atom stereocenters. The number of nitrogens with one attached hydrogen (secondary N) is 2. The standard InChI is InChI=1S/C15H20N4OS/c1-9(2)7-13-18-19-15(21-13)17-14(20)12-6-5-11(16-4)8-10(12)3/h5-6,8-9,16H,7H2,1-4H3,(H,17,19,20). The minimum Gasteiger partial charge on any atom is -0.388 e. The molecule has 0 fully saturated rings. The average Bonchev–Trinajstić information content (AvgIpc) is 2.84. The molecule has 0 spiro atoms. The Bertz CT molecular complexity index is 636. The summed E-state index contributed by atoms with van der Waals surface area (Å²) in [6.07, 6.45) is 0.878. The summed E-state index contributed by atoms with van der Waals surface area (Å²) in [4.78, 5) is 12.3. The molecule has 2 rings (SSSR count).